The van der Waals surface area contributed by atoms with Gasteiger partial charge in [0.1, 0.15) is 0 Å². The lowest BCUT2D eigenvalue weighted by Crippen LogP contribution is -2.35. The number of benzene rings is 1. The van der Waals surface area contributed by atoms with E-state index in [4.69, 9.17) is 0 Å². The fourth-order valence-electron chi connectivity index (χ4n) is 2.82. The number of hydrogen-bond donors (Lipinski definition) is 0. The van der Waals surface area contributed by atoms with Crippen molar-refractivity contribution in [1.82, 2.24) is 9.21 Å². The van der Waals surface area contributed by atoms with Gasteiger partial charge in [0.15, 0.2) is 0 Å². The van der Waals surface area contributed by atoms with Crippen LogP contribution in [0.5, 0.6) is 0 Å². The van der Waals surface area contributed by atoms with E-state index in [1.165, 1.54) is 22.5 Å². The summed E-state index contributed by atoms with van der Waals surface area (Å²) in [6, 6.07) is 4.11. The first-order chi connectivity index (χ1) is 10.9. The highest BCUT2D eigenvalue weighted by Gasteiger charge is 2.28. The summed E-state index contributed by atoms with van der Waals surface area (Å²) in [5.41, 5.74) is 0.299. The fraction of sp³-hybridized carbons (Fsp3) is 0.600. The molecule has 128 valence electrons. The second kappa shape index (κ2) is 7.37. The average Bonchev–Trinajstić information content (AvgIpc) is 2.73. The Kier molecular flexibility index (Phi) is 5.72. The smallest absolute Gasteiger partial charge is 0.273 e. The van der Waals surface area contributed by atoms with Crippen LogP contribution in [-0.2, 0) is 10.0 Å². The average molecular weight is 341 g/mol. The first-order valence-corrected chi connectivity index (χ1v) is 9.28. The van der Waals surface area contributed by atoms with Crippen LogP contribution < -0.4 is 0 Å². The van der Waals surface area contributed by atoms with Crippen LogP contribution in [0.1, 0.15) is 25.3 Å². The van der Waals surface area contributed by atoms with Crippen LogP contribution in [0.4, 0.5) is 5.69 Å². The highest BCUT2D eigenvalue weighted by molar-refractivity contribution is 7.89. The van der Waals surface area contributed by atoms with Crippen LogP contribution in [0.25, 0.3) is 0 Å². The van der Waals surface area contributed by atoms with E-state index in [9.17, 15) is 18.5 Å². The Labute approximate surface area is 137 Å². The van der Waals surface area contributed by atoms with Gasteiger partial charge in [-0.15, -0.1) is 0 Å². The van der Waals surface area contributed by atoms with Gasteiger partial charge < -0.3 is 4.90 Å². The Hall–Kier alpha value is -1.51. The highest BCUT2D eigenvalue weighted by Crippen LogP contribution is 2.25. The third-order valence-corrected chi connectivity index (χ3v) is 6.00. The largest absolute Gasteiger partial charge is 0.302 e. The van der Waals surface area contributed by atoms with Crippen LogP contribution in [0.15, 0.2) is 23.1 Å². The van der Waals surface area contributed by atoms with Gasteiger partial charge in [0.2, 0.25) is 10.0 Å². The van der Waals surface area contributed by atoms with Crippen LogP contribution in [0, 0.1) is 17.0 Å². The van der Waals surface area contributed by atoms with Crippen LogP contribution in [0.3, 0.4) is 0 Å². The van der Waals surface area contributed by atoms with Crippen molar-refractivity contribution in [3.05, 3.63) is 33.9 Å². The van der Waals surface area contributed by atoms with Gasteiger partial charge in [-0.25, -0.2) is 8.42 Å². The Balaban J connectivity index is 2.24. The molecule has 1 saturated heterocycles. The van der Waals surface area contributed by atoms with Crippen molar-refractivity contribution >= 4 is 15.7 Å². The van der Waals surface area contributed by atoms with Crippen LogP contribution >= 0.6 is 0 Å². The zero-order valence-electron chi connectivity index (χ0n) is 13.6. The van der Waals surface area contributed by atoms with Gasteiger partial charge in [0.05, 0.1) is 9.82 Å². The van der Waals surface area contributed by atoms with E-state index in [1.54, 1.807) is 6.92 Å². The molecular formula is C15H23N3O4S. The van der Waals surface area contributed by atoms with Crippen molar-refractivity contribution in [3.8, 4) is 0 Å². The molecular weight excluding hydrogens is 318 g/mol. The number of nitro benzene ring substituents is 1. The molecule has 23 heavy (non-hydrogen) atoms. The van der Waals surface area contributed by atoms with Gasteiger partial charge >= 0.3 is 0 Å². The van der Waals surface area contributed by atoms with Crippen molar-refractivity contribution in [3.63, 3.8) is 0 Å². The number of nitrogens with zero attached hydrogens (tertiary/aromatic N) is 3. The molecule has 1 aliphatic heterocycles. The molecule has 0 N–H and O–H groups in total. The molecule has 0 aliphatic carbocycles. The minimum absolute atomic E-state index is 0.00117. The maximum absolute atomic E-state index is 12.8. The SMILES string of the molecule is CCCN1CCCN(S(=O)(=O)c2ccc(C)c([N+](=O)[O-])c2)CC1. The lowest BCUT2D eigenvalue weighted by Gasteiger charge is -2.21. The quantitative estimate of drug-likeness (QED) is 0.604. The summed E-state index contributed by atoms with van der Waals surface area (Å²) in [5, 5.41) is 11.0. The molecule has 0 amide bonds. The second-order valence-corrected chi connectivity index (χ2v) is 7.74. The fourth-order valence-corrected chi connectivity index (χ4v) is 4.31. The van der Waals surface area contributed by atoms with E-state index >= 15 is 0 Å². The molecule has 0 bridgehead atoms. The topological polar surface area (TPSA) is 83.8 Å². The van der Waals surface area contributed by atoms with E-state index in [0.29, 0.717) is 25.2 Å². The summed E-state index contributed by atoms with van der Waals surface area (Å²) < 4.78 is 27.0. The van der Waals surface area contributed by atoms with Crippen molar-refractivity contribution in [2.75, 3.05) is 32.7 Å². The predicted octanol–water partition coefficient (Wildman–Crippen LogP) is 2.01. The zero-order chi connectivity index (χ0) is 17.0. The third kappa shape index (κ3) is 4.07. The molecule has 0 spiro atoms. The molecule has 1 fully saturated rings. The predicted molar refractivity (Wildman–Crippen MR) is 87.9 cm³/mol. The van der Waals surface area contributed by atoms with Crippen molar-refractivity contribution < 1.29 is 13.3 Å². The van der Waals surface area contributed by atoms with E-state index in [0.717, 1.165) is 25.9 Å². The molecule has 0 aromatic heterocycles. The Morgan fingerprint density at radius 3 is 2.61 bits per heavy atom. The first kappa shape index (κ1) is 17.8. The normalized spacial score (nSPS) is 17.8. The molecule has 2 rings (SSSR count). The minimum atomic E-state index is -3.69. The molecule has 0 atom stereocenters. The first-order valence-electron chi connectivity index (χ1n) is 7.84. The van der Waals surface area contributed by atoms with Gasteiger partial charge in [-0.2, -0.15) is 4.31 Å². The van der Waals surface area contributed by atoms with Crippen molar-refractivity contribution in [2.24, 2.45) is 0 Å². The van der Waals surface area contributed by atoms with Crippen LogP contribution in [-0.4, -0.2) is 55.3 Å². The second-order valence-electron chi connectivity index (χ2n) is 5.80. The van der Waals surface area contributed by atoms with Crippen molar-refractivity contribution in [2.45, 2.75) is 31.6 Å². The highest BCUT2D eigenvalue weighted by atomic mass is 32.2. The molecule has 0 unspecified atom stereocenters. The van der Waals surface area contributed by atoms with Gasteiger partial charge in [-0.1, -0.05) is 13.0 Å². The van der Waals surface area contributed by atoms with Crippen LogP contribution in [0.2, 0.25) is 0 Å². The van der Waals surface area contributed by atoms with E-state index < -0.39 is 14.9 Å². The molecule has 1 heterocycles. The minimum Gasteiger partial charge on any atom is -0.302 e. The van der Waals surface area contributed by atoms with Gasteiger partial charge in [-0.05, 0) is 38.9 Å². The summed E-state index contributed by atoms with van der Waals surface area (Å²) in [5.74, 6) is 0. The summed E-state index contributed by atoms with van der Waals surface area (Å²) in [7, 11) is -3.69. The summed E-state index contributed by atoms with van der Waals surface area (Å²) >= 11 is 0. The standard InChI is InChI=1S/C15H23N3O4S/c1-3-7-16-8-4-9-17(11-10-16)23(21,22)14-6-5-13(2)15(12-14)18(19)20/h5-6,12H,3-4,7-11H2,1-2H3. The summed E-state index contributed by atoms with van der Waals surface area (Å²) in [4.78, 5) is 12.8. The molecule has 0 radical (unpaired) electrons. The lowest BCUT2D eigenvalue weighted by atomic mass is 10.2. The molecule has 1 aromatic rings. The van der Waals surface area contributed by atoms with Gasteiger partial charge in [-0.3, -0.25) is 10.1 Å². The summed E-state index contributed by atoms with van der Waals surface area (Å²) in [6.07, 6.45) is 1.81. The molecule has 1 aromatic carbocycles. The Morgan fingerprint density at radius 2 is 1.96 bits per heavy atom. The maximum Gasteiger partial charge on any atom is 0.273 e. The zero-order valence-corrected chi connectivity index (χ0v) is 14.4. The lowest BCUT2D eigenvalue weighted by molar-refractivity contribution is -0.385. The third-order valence-electron chi connectivity index (χ3n) is 4.10. The number of nitro groups is 1. The monoisotopic (exact) mass is 341 g/mol. The number of aryl methyl sites for hydroxylation is 1. The Morgan fingerprint density at radius 1 is 1.22 bits per heavy atom. The Bertz CT molecular complexity index is 675. The maximum atomic E-state index is 12.8. The molecule has 1 aliphatic rings. The molecule has 7 nitrogen and oxygen atoms in total. The number of sulfonamides is 1. The van der Waals surface area contributed by atoms with Crippen molar-refractivity contribution in [1.29, 1.82) is 0 Å². The van der Waals surface area contributed by atoms with E-state index in [1.807, 2.05) is 0 Å². The molecule has 8 heteroatoms. The number of hydrogen-bond acceptors (Lipinski definition) is 5. The van der Waals surface area contributed by atoms with E-state index in [-0.39, 0.29) is 10.6 Å². The molecule has 0 saturated carbocycles. The number of rotatable bonds is 5. The van der Waals surface area contributed by atoms with Gasteiger partial charge in [0.25, 0.3) is 5.69 Å². The summed E-state index contributed by atoms with van der Waals surface area (Å²) in [6.45, 7) is 7.11. The van der Waals surface area contributed by atoms with Gasteiger partial charge in [0, 0.05) is 31.3 Å². The van der Waals surface area contributed by atoms with E-state index in [2.05, 4.69) is 11.8 Å².